The van der Waals surface area contributed by atoms with Crippen LogP contribution in [-0.4, -0.2) is 23.3 Å². The van der Waals surface area contributed by atoms with Gasteiger partial charge in [0.25, 0.3) is 0 Å². The van der Waals surface area contributed by atoms with Gasteiger partial charge in [-0.25, -0.2) is 4.98 Å². The Morgan fingerprint density at radius 1 is 1.21 bits per heavy atom. The van der Waals surface area contributed by atoms with Crippen molar-refractivity contribution in [3.63, 3.8) is 0 Å². The lowest BCUT2D eigenvalue weighted by Crippen LogP contribution is -2.26. The van der Waals surface area contributed by atoms with Crippen LogP contribution in [0.15, 0.2) is 53.9 Å². The van der Waals surface area contributed by atoms with Crippen LogP contribution in [0.4, 0.5) is 11.4 Å². The number of anilines is 2. The first kappa shape index (κ1) is 18.4. The zero-order chi connectivity index (χ0) is 19.5. The molecule has 1 saturated heterocycles. The summed E-state index contributed by atoms with van der Waals surface area (Å²) in [4.78, 5) is 31.0. The Labute approximate surface area is 168 Å². The molecule has 0 bridgehead atoms. The summed E-state index contributed by atoms with van der Waals surface area (Å²) in [7, 11) is 0. The summed E-state index contributed by atoms with van der Waals surface area (Å²) in [6.45, 7) is 2.74. The molecule has 1 N–H and O–H groups in total. The molecule has 5 nitrogen and oxygen atoms in total. The molecule has 0 spiro atoms. The number of carbonyl (C=O) groups excluding carboxylic acids is 2. The molecule has 1 fully saturated rings. The molecule has 0 atom stereocenters. The number of thiazole rings is 1. The Morgan fingerprint density at radius 3 is 2.86 bits per heavy atom. The second kappa shape index (κ2) is 7.94. The third-order valence-corrected chi connectivity index (χ3v) is 5.64. The second-order valence-corrected chi connectivity index (χ2v) is 7.76. The van der Waals surface area contributed by atoms with Gasteiger partial charge >= 0.3 is 0 Å². The van der Waals surface area contributed by atoms with Crippen LogP contribution in [0.5, 0.6) is 0 Å². The first-order valence-electron chi connectivity index (χ1n) is 9.31. The van der Waals surface area contributed by atoms with Gasteiger partial charge in [-0.1, -0.05) is 35.9 Å². The summed E-state index contributed by atoms with van der Waals surface area (Å²) in [6, 6.07) is 15.6. The molecule has 0 aliphatic carbocycles. The maximum atomic E-state index is 12.6. The number of para-hydroxylation sites is 2. The highest BCUT2D eigenvalue weighted by Gasteiger charge is 2.24. The molecule has 142 valence electrons. The van der Waals surface area contributed by atoms with Crippen molar-refractivity contribution in [1.82, 2.24) is 4.98 Å². The summed E-state index contributed by atoms with van der Waals surface area (Å²) in [5, 5.41) is 5.78. The van der Waals surface area contributed by atoms with Gasteiger partial charge in [0.1, 0.15) is 5.01 Å². The molecule has 2 amide bonds. The van der Waals surface area contributed by atoms with Crippen molar-refractivity contribution in [2.24, 2.45) is 0 Å². The van der Waals surface area contributed by atoms with Crippen LogP contribution in [0.3, 0.4) is 0 Å². The van der Waals surface area contributed by atoms with E-state index in [1.165, 1.54) is 16.9 Å². The average molecular weight is 391 g/mol. The highest BCUT2D eigenvalue weighted by atomic mass is 32.1. The predicted octanol–water partition coefficient (Wildman–Crippen LogP) is 4.43. The number of aromatic nitrogens is 1. The molecular formula is C22H21N3O2S. The van der Waals surface area contributed by atoms with Crippen molar-refractivity contribution in [2.45, 2.75) is 26.2 Å². The zero-order valence-electron chi connectivity index (χ0n) is 15.6. The minimum absolute atomic E-state index is 0.101. The lowest BCUT2D eigenvalue weighted by Gasteiger charge is -2.19. The first-order valence-corrected chi connectivity index (χ1v) is 10.2. The minimum Gasteiger partial charge on any atom is -0.324 e. The molecule has 6 heteroatoms. The summed E-state index contributed by atoms with van der Waals surface area (Å²) < 4.78 is 0. The molecule has 1 aromatic heterocycles. The van der Waals surface area contributed by atoms with Crippen LogP contribution in [-0.2, 0) is 16.0 Å². The van der Waals surface area contributed by atoms with E-state index in [2.05, 4.69) is 16.4 Å². The van der Waals surface area contributed by atoms with Crippen molar-refractivity contribution in [3.05, 3.63) is 65.2 Å². The Balaban J connectivity index is 1.47. The van der Waals surface area contributed by atoms with E-state index in [1.807, 2.05) is 54.8 Å². The van der Waals surface area contributed by atoms with E-state index in [4.69, 9.17) is 0 Å². The summed E-state index contributed by atoms with van der Waals surface area (Å²) in [5.74, 6) is -0.0378. The van der Waals surface area contributed by atoms with Crippen LogP contribution < -0.4 is 10.2 Å². The number of benzene rings is 2. The van der Waals surface area contributed by atoms with Crippen LogP contribution in [0, 0.1) is 6.92 Å². The standard InChI is InChI=1S/C22H21N3O2S/c1-15-6-4-7-16(12-15)22-23-17(14-28-22)13-20(26)24-18-8-2-3-9-19(18)25-11-5-10-21(25)27/h2-4,6-9,12,14H,5,10-11,13H2,1H3,(H,24,26). The second-order valence-electron chi connectivity index (χ2n) is 6.90. The Bertz CT molecular complexity index is 1030. The molecule has 1 aliphatic heterocycles. The molecule has 2 heterocycles. The Hall–Kier alpha value is -2.99. The van der Waals surface area contributed by atoms with Gasteiger partial charge in [0.05, 0.1) is 23.5 Å². The molecular weight excluding hydrogens is 370 g/mol. The van der Waals surface area contributed by atoms with Gasteiger partial charge in [-0.3, -0.25) is 9.59 Å². The lowest BCUT2D eigenvalue weighted by atomic mass is 10.1. The Morgan fingerprint density at radius 2 is 2.07 bits per heavy atom. The van der Waals surface area contributed by atoms with E-state index in [0.29, 0.717) is 18.7 Å². The van der Waals surface area contributed by atoms with Crippen LogP contribution in [0.2, 0.25) is 0 Å². The Kier molecular flexibility index (Phi) is 5.21. The zero-order valence-corrected chi connectivity index (χ0v) is 16.5. The van der Waals surface area contributed by atoms with E-state index in [1.54, 1.807) is 4.90 Å². The topological polar surface area (TPSA) is 62.3 Å². The van der Waals surface area contributed by atoms with E-state index in [-0.39, 0.29) is 18.2 Å². The molecule has 0 saturated carbocycles. The SMILES string of the molecule is Cc1cccc(-c2nc(CC(=O)Nc3ccccc3N3CCCC3=O)cs2)c1. The van der Waals surface area contributed by atoms with E-state index < -0.39 is 0 Å². The van der Waals surface area contributed by atoms with Crippen LogP contribution >= 0.6 is 11.3 Å². The fraction of sp³-hybridized carbons (Fsp3) is 0.227. The molecule has 28 heavy (non-hydrogen) atoms. The molecule has 1 aliphatic rings. The number of hydrogen-bond acceptors (Lipinski definition) is 4. The monoisotopic (exact) mass is 391 g/mol. The molecule has 0 radical (unpaired) electrons. The summed E-state index contributed by atoms with van der Waals surface area (Å²) >= 11 is 1.54. The number of nitrogens with zero attached hydrogens (tertiary/aromatic N) is 2. The van der Waals surface area contributed by atoms with Gasteiger partial charge in [0.2, 0.25) is 11.8 Å². The molecule has 2 aromatic carbocycles. The van der Waals surface area contributed by atoms with Crippen LogP contribution in [0.1, 0.15) is 24.1 Å². The third kappa shape index (κ3) is 3.97. The van der Waals surface area contributed by atoms with Gasteiger partial charge in [0, 0.05) is 23.9 Å². The number of aryl methyl sites for hydroxylation is 1. The fourth-order valence-corrected chi connectivity index (χ4v) is 4.19. The molecule has 4 rings (SSSR count). The van der Waals surface area contributed by atoms with Crippen molar-refractivity contribution < 1.29 is 9.59 Å². The van der Waals surface area contributed by atoms with E-state index >= 15 is 0 Å². The van der Waals surface area contributed by atoms with Crippen LogP contribution in [0.25, 0.3) is 10.6 Å². The number of rotatable bonds is 5. The maximum Gasteiger partial charge on any atom is 0.230 e. The van der Waals surface area contributed by atoms with Crippen molar-refractivity contribution in [2.75, 3.05) is 16.8 Å². The predicted molar refractivity (Wildman–Crippen MR) is 113 cm³/mol. The van der Waals surface area contributed by atoms with Gasteiger partial charge in [-0.15, -0.1) is 11.3 Å². The maximum absolute atomic E-state index is 12.6. The summed E-state index contributed by atoms with van der Waals surface area (Å²) in [5.41, 5.74) is 4.41. The quantitative estimate of drug-likeness (QED) is 0.700. The number of carbonyl (C=O) groups is 2. The lowest BCUT2D eigenvalue weighted by molar-refractivity contribution is -0.117. The highest BCUT2D eigenvalue weighted by Crippen LogP contribution is 2.30. The van der Waals surface area contributed by atoms with E-state index in [9.17, 15) is 9.59 Å². The number of amides is 2. The van der Waals surface area contributed by atoms with Crippen molar-refractivity contribution >= 4 is 34.5 Å². The van der Waals surface area contributed by atoms with E-state index in [0.717, 1.165) is 28.4 Å². The number of hydrogen-bond donors (Lipinski definition) is 1. The summed E-state index contributed by atoms with van der Waals surface area (Å²) in [6.07, 6.45) is 1.61. The average Bonchev–Trinajstić information content (AvgIpc) is 3.31. The van der Waals surface area contributed by atoms with Gasteiger partial charge in [-0.2, -0.15) is 0 Å². The third-order valence-electron chi connectivity index (χ3n) is 4.70. The normalized spacial score (nSPS) is 13.8. The smallest absolute Gasteiger partial charge is 0.230 e. The fourth-order valence-electron chi connectivity index (χ4n) is 3.38. The minimum atomic E-state index is -0.139. The van der Waals surface area contributed by atoms with Gasteiger partial charge < -0.3 is 10.2 Å². The van der Waals surface area contributed by atoms with Gasteiger partial charge in [-0.05, 0) is 31.5 Å². The largest absolute Gasteiger partial charge is 0.324 e. The molecule has 3 aromatic rings. The van der Waals surface area contributed by atoms with Crippen molar-refractivity contribution in [3.8, 4) is 10.6 Å². The first-order chi connectivity index (χ1) is 13.6. The molecule has 0 unspecified atom stereocenters. The highest BCUT2D eigenvalue weighted by molar-refractivity contribution is 7.13. The number of nitrogens with one attached hydrogen (secondary N) is 1. The van der Waals surface area contributed by atoms with Crippen molar-refractivity contribution in [1.29, 1.82) is 0 Å². The van der Waals surface area contributed by atoms with Gasteiger partial charge in [0.15, 0.2) is 0 Å².